The van der Waals surface area contributed by atoms with Crippen LogP contribution < -0.4 is 0 Å². The Balaban J connectivity index is 1.72. The summed E-state index contributed by atoms with van der Waals surface area (Å²) in [5, 5.41) is 10.2. The third-order valence-corrected chi connectivity index (χ3v) is 5.55. The molecule has 1 N–H and O–H groups in total. The van der Waals surface area contributed by atoms with Gasteiger partial charge in [0.2, 0.25) is 0 Å². The van der Waals surface area contributed by atoms with E-state index in [0.29, 0.717) is 6.42 Å². The molecule has 23 heavy (non-hydrogen) atoms. The molecule has 0 radical (unpaired) electrons. The Morgan fingerprint density at radius 1 is 1.17 bits per heavy atom. The van der Waals surface area contributed by atoms with Gasteiger partial charge in [0.15, 0.2) is 5.79 Å². The fourth-order valence-electron chi connectivity index (χ4n) is 3.15. The average molecular weight is 342 g/mol. The zero-order valence-corrected chi connectivity index (χ0v) is 14.2. The van der Waals surface area contributed by atoms with E-state index in [4.69, 9.17) is 13.7 Å². The summed E-state index contributed by atoms with van der Waals surface area (Å²) in [7, 11) is -3.87. The molecule has 1 saturated heterocycles. The minimum Gasteiger partial charge on any atom is -0.390 e. The summed E-state index contributed by atoms with van der Waals surface area (Å²) in [6.45, 7) is 5.43. The van der Waals surface area contributed by atoms with E-state index in [-0.39, 0.29) is 17.4 Å². The number of hydrogen-bond donors (Lipinski definition) is 1. The van der Waals surface area contributed by atoms with Crippen molar-refractivity contribution < 1.29 is 27.2 Å². The Bertz CT molecular complexity index is 666. The fraction of sp³-hybridized carbons (Fsp3) is 0.625. The molecule has 0 bridgehead atoms. The normalized spacial score (nSPS) is 33.4. The first-order valence-corrected chi connectivity index (χ1v) is 9.11. The SMILES string of the molecule is Cc1ccc(S(=O)(=O)OC2C[C@@H](O)[C@@H]3OC(C)(C)O[C@@H]3C2)cc1. The smallest absolute Gasteiger partial charge is 0.297 e. The van der Waals surface area contributed by atoms with E-state index in [0.717, 1.165) is 5.56 Å². The van der Waals surface area contributed by atoms with E-state index < -0.39 is 34.2 Å². The predicted molar refractivity (Wildman–Crippen MR) is 82.3 cm³/mol. The van der Waals surface area contributed by atoms with Gasteiger partial charge in [-0.3, -0.25) is 4.18 Å². The third-order valence-electron chi connectivity index (χ3n) is 4.17. The van der Waals surface area contributed by atoms with Gasteiger partial charge in [0.05, 0.1) is 23.2 Å². The fourth-order valence-corrected chi connectivity index (χ4v) is 4.24. The molecular weight excluding hydrogens is 320 g/mol. The zero-order valence-electron chi connectivity index (χ0n) is 13.4. The van der Waals surface area contributed by atoms with Crippen molar-refractivity contribution in [2.24, 2.45) is 0 Å². The number of aliphatic hydroxyl groups excluding tert-OH is 1. The number of hydrogen-bond acceptors (Lipinski definition) is 6. The van der Waals surface area contributed by atoms with Crippen molar-refractivity contribution in [1.82, 2.24) is 0 Å². The van der Waals surface area contributed by atoms with Crippen LogP contribution in [0.2, 0.25) is 0 Å². The predicted octanol–water partition coefficient (Wildman–Crippen LogP) is 1.74. The van der Waals surface area contributed by atoms with Crippen molar-refractivity contribution >= 4 is 10.1 Å². The number of fused-ring (bicyclic) bond motifs is 1. The molecule has 1 aliphatic carbocycles. The van der Waals surface area contributed by atoms with Crippen molar-refractivity contribution in [3.05, 3.63) is 29.8 Å². The van der Waals surface area contributed by atoms with E-state index in [1.165, 1.54) is 12.1 Å². The maximum absolute atomic E-state index is 12.4. The van der Waals surface area contributed by atoms with Gasteiger partial charge in [0, 0.05) is 12.8 Å². The highest BCUT2D eigenvalue weighted by molar-refractivity contribution is 7.86. The van der Waals surface area contributed by atoms with Gasteiger partial charge < -0.3 is 14.6 Å². The van der Waals surface area contributed by atoms with Crippen LogP contribution in [-0.4, -0.2) is 43.7 Å². The molecule has 128 valence electrons. The van der Waals surface area contributed by atoms with E-state index in [9.17, 15) is 13.5 Å². The van der Waals surface area contributed by atoms with Gasteiger partial charge in [0.25, 0.3) is 10.1 Å². The molecule has 6 nitrogen and oxygen atoms in total. The molecule has 1 saturated carbocycles. The van der Waals surface area contributed by atoms with E-state index in [1.807, 2.05) is 6.92 Å². The van der Waals surface area contributed by atoms with Crippen LogP contribution in [0.1, 0.15) is 32.3 Å². The Kier molecular flexibility index (Phi) is 4.27. The number of aryl methyl sites for hydroxylation is 1. The third kappa shape index (κ3) is 3.59. The lowest BCUT2D eigenvalue weighted by Gasteiger charge is -2.32. The number of benzene rings is 1. The van der Waals surface area contributed by atoms with Crippen LogP contribution in [0.4, 0.5) is 0 Å². The lowest BCUT2D eigenvalue weighted by atomic mass is 9.90. The number of rotatable bonds is 3. The Hall–Kier alpha value is -0.990. The molecule has 1 heterocycles. The minimum absolute atomic E-state index is 0.114. The highest BCUT2D eigenvalue weighted by Crippen LogP contribution is 2.38. The summed E-state index contributed by atoms with van der Waals surface area (Å²) in [4.78, 5) is 0.114. The molecule has 0 spiro atoms. The largest absolute Gasteiger partial charge is 0.390 e. The first-order chi connectivity index (χ1) is 10.7. The second-order valence-electron chi connectivity index (χ2n) is 6.66. The summed E-state index contributed by atoms with van der Waals surface area (Å²) in [6, 6.07) is 6.48. The average Bonchev–Trinajstić information content (AvgIpc) is 2.73. The van der Waals surface area contributed by atoms with E-state index in [1.54, 1.807) is 26.0 Å². The van der Waals surface area contributed by atoms with Gasteiger partial charge in [-0.2, -0.15) is 8.42 Å². The zero-order chi connectivity index (χ0) is 16.8. The summed E-state index contributed by atoms with van der Waals surface area (Å²) in [5.41, 5.74) is 0.971. The number of ether oxygens (including phenoxy) is 2. The summed E-state index contributed by atoms with van der Waals surface area (Å²) >= 11 is 0. The van der Waals surface area contributed by atoms with E-state index >= 15 is 0 Å². The maximum atomic E-state index is 12.4. The molecule has 0 amide bonds. The van der Waals surface area contributed by atoms with Gasteiger partial charge in [-0.1, -0.05) is 17.7 Å². The second-order valence-corrected chi connectivity index (χ2v) is 8.23. The highest BCUT2D eigenvalue weighted by atomic mass is 32.2. The lowest BCUT2D eigenvalue weighted by Crippen LogP contribution is -2.45. The van der Waals surface area contributed by atoms with Crippen LogP contribution in [0.3, 0.4) is 0 Å². The van der Waals surface area contributed by atoms with Gasteiger partial charge in [0.1, 0.15) is 6.10 Å². The van der Waals surface area contributed by atoms with Crippen LogP contribution in [0.5, 0.6) is 0 Å². The molecular formula is C16H22O6S. The molecule has 0 aromatic heterocycles. The minimum atomic E-state index is -3.87. The summed E-state index contributed by atoms with van der Waals surface area (Å²) in [5.74, 6) is -0.777. The Labute approximate surface area is 136 Å². The quantitative estimate of drug-likeness (QED) is 0.843. The van der Waals surface area contributed by atoms with Crippen molar-refractivity contribution in [1.29, 1.82) is 0 Å². The van der Waals surface area contributed by atoms with Crippen LogP contribution in [0, 0.1) is 6.92 Å². The highest BCUT2D eigenvalue weighted by Gasteiger charge is 2.49. The molecule has 1 aromatic carbocycles. The molecule has 2 aliphatic rings. The van der Waals surface area contributed by atoms with Crippen molar-refractivity contribution in [3.63, 3.8) is 0 Å². The van der Waals surface area contributed by atoms with Crippen LogP contribution in [-0.2, 0) is 23.8 Å². The van der Waals surface area contributed by atoms with Crippen LogP contribution in [0.25, 0.3) is 0 Å². The van der Waals surface area contributed by atoms with Crippen LogP contribution >= 0.6 is 0 Å². The van der Waals surface area contributed by atoms with Crippen LogP contribution in [0.15, 0.2) is 29.2 Å². The van der Waals surface area contributed by atoms with Crippen molar-refractivity contribution in [2.45, 2.75) is 68.7 Å². The lowest BCUT2D eigenvalue weighted by molar-refractivity contribution is -0.153. The molecule has 2 fully saturated rings. The van der Waals surface area contributed by atoms with E-state index in [2.05, 4.69) is 0 Å². The number of aliphatic hydroxyl groups is 1. The van der Waals surface area contributed by atoms with Gasteiger partial charge in [-0.05, 0) is 32.9 Å². The van der Waals surface area contributed by atoms with Crippen molar-refractivity contribution in [3.8, 4) is 0 Å². The monoisotopic (exact) mass is 342 g/mol. The molecule has 7 heteroatoms. The molecule has 1 unspecified atom stereocenters. The Morgan fingerprint density at radius 2 is 1.83 bits per heavy atom. The maximum Gasteiger partial charge on any atom is 0.297 e. The first kappa shape index (κ1) is 16.9. The molecule has 1 aliphatic heterocycles. The molecule has 3 rings (SSSR count). The summed E-state index contributed by atoms with van der Waals surface area (Å²) < 4.78 is 41.4. The van der Waals surface area contributed by atoms with Crippen molar-refractivity contribution in [2.75, 3.05) is 0 Å². The topological polar surface area (TPSA) is 82.1 Å². The summed E-state index contributed by atoms with van der Waals surface area (Å²) in [6.07, 6.45) is -1.68. The molecule has 1 aromatic rings. The second kappa shape index (κ2) is 5.82. The Morgan fingerprint density at radius 3 is 2.48 bits per heavy atom. The molecule has 4 atom stereocenters. The standard InChI is InChI=1S/C16H22O6S/c1-10-4-6-12(7-5-10)23(18,19)22-11-8-13(17)15-14(9-11)20-16(2,3)21-15/h4-7,11,13-15,17H,8-9H2,1-3H3/t11?,13-,14-,15+/m1/s1. The first-order valence-electron chi connectivity index (χ1n) is 7.70. The van der Waals surface area contributed by atoms with Gasteiger partial charge in [-0.25, -0.2) is 0 Å². The van der Waals surface area contributed by atoms with Gasteiger partial charge >= 0.3 is 0 Å². The van der Waals surface area contributed by atoms with Gasteiger partial charge in [-0.15, -0.1) is 0 Å².